The molecule has 0 aromatic heterocycles. The van der Waals surface area contributed by atoms with Crippen LogP contribution in [0.1, 0.15) is 16.7 Å². The number of amides is 1. The first-order valence-electron chi connectivity index (χ1n) is 8.57. The summed E-state index contributed by atoms with van der Waals surface area (Å²) in [5.41, 5.74) is 6.51. The molecule has 0 saturated carbocycles. The Morgan fingerprint density at radius 2 is 1.73 bits per heavy atom. The number of nitrogens with zero attached hydrogens (tertiary/aromatic N) is 3. The van der Waals surface area contributed by atoms with Gasteiger partial charge in [-0.2, -0.15) is 0 Å². The molecule has 2 heterocycles. The van der Waals surface area contributed by atoms with Crippen LogP contribution in [0, 0.1) is 13.8 Å². The summed E-state index contributed by atoms with van der Waals surface area (Å²) in [6, 6.07) is 4.45. The zero-order chi connectivity index (χ0) is 19.2. The molecule has 1 N–H and O–H groups in total. The zero-order valence-corrected chi connectivity index (χ0v) is 16.0. The fourth-order valence-electron chi connectivity index (χ4n) is 3.28. The van der Waals surface area contributed by atoms with Gasteiger partial charge < -0.3 is 14.9 Å². The number of benzene rings is 1. The highest BCUT2D eigenvalue weighted by Gasteiger charge is 2.29. The van der Waals surface area contributed by atoms with Crippen LogP contribution >= 0.6 is 0 Å². The van der Waals surface area contributed by atoms with Crippen LogP contribution in [0.25, 0.3) is 0 Å². The summed E-state index contributed by atoms with van der Waals surface area (Å²) in [5.74, 6) is 0.0938. The number of fused-ring (bicyclic) bond motifs is 1. The third kappa shape index (κ3) is 2.79. The van der Waals surface area contributed by atoms with E-state index in [1.54, 1.807) is 20.2 Å². The predicted octanol–water partition coefficient (Wildman–Crippen LogP) is 3.38. The molecule has 1 aromatic rings. The van der Waals surface area contributed by atoms with E-state index in [4.69, 9.17) is 0 Å². The Kier molecular flexibility index (Phi) is 4.40. The van der Waals surface area contributed by atoms with Gasteiger partial charge in [0.05, 0.1) is 0 Å². The van der Waals surface area contributed by atoms with Crippen LogP contribution in [-0.4, -0.2) is 42.0 Å². The molecule has 0 aliphatic carbocycles. The lowest BCUT2D eigenvalue weighted by Gasteiger charge is -2.33. The van der Waals surface area contributed by atoms with Crippen molar-refractivity contribution in [3.63, 3.8) is 0 Å². The van der Waals surface area contributed by atoms with E-state index in [0.717, 1.165) is 12.1 Å². The highest BCUT2D eigenvalue weighted by atomic mass is 16.3. The number of hydrogen-bond acceptors (Lipinski definition) is 4. The molecule has 0 bridgehead atoms. The molecule has 5 nitrogen and oxygen atoms in total. The number of hydrogen-bond donors (Lipinski definition) is 1. The van der Waals surface area contributed by atoms with Crippen LogP contribution in [0.5, 0.6) is 0 Å². The Balaban J connectivity index is 1.86. The summed E-state index contributed by atoms with van der Waals surface area (Å²) in [6.45, 7) is 8.04. The molecule has 5 heteroatoms. The van der Waals surface area contributed by atoms with Gasteiger partial charge in [0.2, 0.25) is 5.88 Å². The minimum atomic E-state index is -0.269. The van der Waals surface area contributed by atoms with E-state index in [-0.39, 0.29) is 17.4 Å². The predicted molar refractivity (Wildman–Crippen MR) is 105 cm³/mol. The molecule has 2 aliphatic heterocycles. The molecule has 0 unspecified atom stereocenters. The summed E-state index contributed by atoms with van der Waals surface area (Å²) < 4.78 is 0. The summed E-state index contributed by atoms with van der Waals surface area (Å²) in [4.78, 5) is 17.5. The fourth-order valence-corrected chi connectivity index (χ4v) is 3.28. The maximum atomic E-state index is 12.4. The van der Waals surface area contributed by atoms with Crippen molar-refractivity contribution in [1.82, 2.24) is 9.80 Å². The van der Waals surface area contributed by atoms with Gasteiger partial charge in [-0.15, -0.1) is 0 Å². The lowest BCUT2D eigenvalue weighted by Crippen LogP contribution is -2.40. The second-order valence-corrected chi connectivity index (χ2v) is 6.89. The van der Waals surface area contributed by atoms with Gasteiger partial charge >= 0.3 is 0 Å². The number of anilines is 1. The molecule has 2 aliphatic rings. The average Bonchev–Trinajstić information content (AvgIpc) is 2.90. The number of likely N-dealkylation sites (N-methyl/N-ethyl adjacent to an activating group) is 2. The molecule has 1 aromatic carbocycles. The second kappa shape index (κ2) is 6.41. The molecule has 136 valence electrons. The van der Waals surface area contributed by atoms with E-state index in [2.05, 4.69) is 37.5 Å². The van der Waals surface area contributed by atoms with Crippen molar-refractivity contribution in [2.45, 2.75) is 20.3 Å². The highest BCUT2D eigenvalue weighted by Crippen LogP contribution is 2.35. The molecule has 0 atom stereocenters. The molecule has 0 saturated heterocycles. The second-order valence-electron chi connectivity index (χ2n) is 6.89. The molecule has 0 fully saturated rings. The number of allylic oxidation sites excluding steroid dienone is 3. The van der Waals surface area contributed by atoms with E-state index < -0.39 is 0 Å². The molecular weight excluding hydrogens is 326 g/mol. The molecular formula is C21H25N3O2. The molecule has 3 rings (SSSR count). The Morgan fingerprint density at radius 1 is 1.08 bits per heavy atom. The van der Waals surface area contributed by atoms with Crippen LogP contribution in [-0.2, 0) is 11.2 Å². The van der Waals surface area contributed by atoms with Crippen molar-refractivity contribution in [3.05, 3.63) is 76.6 Å². The Bertz CT molecular complexity index is 893. The highest BCUT2D eigenvalue weighted by molar-refractivity contribution is 5.98. The number of carbonyl (C=O) groups is 1. The third-order valence-corrected chi connectivity index (χ3v) is 5.28. The van der Waals surface area contributed by atoms with Crippen molar-refractivity contribution < 1.29 is 9.90 Å². The summed E-state index contributed by atoms with van der Waals surface area (Å²) in [6.07, 6.45) is 6.31. The van der Waals surface area contributed by atoms with E-state index >= 15 is 0 Å². The van der Waals surface area contributed by atoms with E-state index in [0.29, 0.717) is 5.82 Å². The fraction of sp³-hybridized carbons (Fsp3) is 0.286. The van der Waals surface area contributed by atoms with E-state index in [1.807, 2.05) is 19.2 Å². The van der Waals surface area contributed by atoms with Crippen molar-refractivity contribution in [2.75, 3.05) is 26.0 Å². The standard InChI is InChI=1S/C21H25N3O2/c1-13-10-16-12-17(24(6)19(16)11-14(13)2)8-7-9-18-20(25)22(4)15(3)23(5)21(18)26/h7-11,25H,3,12H2,1-2,4-6H3/b9-7+,17-8-. The van der Waals surface area contributed by atoms with Crippen molar-refractivity contribution in [1.29, 1.82) is 0 Å². The minimum absolute atomic E-state index is 0.0814. The van der Waals surface area contributed by atoms with Gasteiger partial charge in [0.15, 0.2) is 0 Å². The summed E-state index contributed by atoms with van der Waals surface area (Å²) in [5, 5.41) is 10.3. The number of aliphatic hydroxyl groups is 1. The first-order chi connectivity index (χ1) is 12.2. The topological polar surface area (TPSA) is 47.0 Å². The minimum Gasteiger partial charge on any atom is -0.494 e. The number of rotatable bonds is 2. The number of aliphatic hydroxyl groups excluding tert-OH is 1. The van der Waals surface area contributed by atoms with Crippen LogP contribution in [0.3, 0.4) is 0 Å². The maximum Gasteiger partial charge on any atom is 0.264 e. The molecule has 1 amide bonds. The van der Waals surface area contributed by atoms with Gasteiger partial charge in [0, 0.05) is 38.9 Å². The first-order valence-corrected chi connectivity index (χ1v) is 8.57. The van der Waals surface area contributed by atoms with Crippen molar-refractivity contribution in [3.8, 4) is 0 Å². The van der Waals surface area contributed by atoms with Crippen LogP contribution in [0.15, 0.2) is 59.9 Å². The molecule has 0 radical (unpaired) electrons. The smallest absolute Gasteiger partial charge is 0.264 e. The third-order valence-electron chi connectivity index (χ3n) is 5.28. The van der Waals surface area contributed by atoms with Gasteiger partial charge in [-0.25, -0.2) is 0 Å². The lowest BCUT2D eigenvalue weighted by atomic mass is 10.0. The van der Waals surface area contributed by atoms with Gasteiger partial charge in [-0.1, -0.05) is 18.7 Å². The van der Waals surface area contributed by atoms with Gasteiger partial charge in [-0.05, 0) is 48.8 Å². The largest absolute Gasteiger partial charge is 0.494 e. The van der Waals surface area contributed by atoms with Crippen molar-refractivity contribution in [2.24, 2.45) is 0 Å². The maximum absolute atomic E-state index is 12.4. The van der Waals surface area contributed by atoms with Gasteiger partial charge in [-0.3, -0.25) is 9.69 Å². The van der Waals surface area contributed by atoms with Crippen LogP contribution in [0.2, 0.25) is 0 Å². The number of aryl methyl sites for hydroxylation is 2. The number of carbonyl (C=O) groups excluding carboxylic acids is 1. The summed E-state index contributed by atoms with van der Waals surface area (Å²) >= 11 is 0. The Morgan fingerprint density at radius 3 is 2.42 bits per heavy atom. The quantitative estimate of drug-likeness (QED) is 0.887. The Hall–Kier alpha value is -2.95. The van der Waals surface area contributed by atoms with E-state index in [1.165, 1.54) is 32.2 Å². The van der Waals surface area contributed by atoms with Crippen LogP contribution < -0.4 is 4.90 Å². The first kappa shape index (κ1) is 17.9. The Labute approximate surface area is 154 Å². The normalized spacial score (nSPS) is 19.4. The average molecular weight is 351 g/mol. The zero-order valence-electron chi connectivity index (χ0n) is 16.0. The van der Waals surface area contributed by atoms with Crippen molar-refractivity contribution >= 4 is 11.6 Å². The molecule has 26 heavy (non-hydrogen) atoms. The van der Waals surface area contributed by atoms with Crippen LogP contribution in [0.4, 0.5) is 5.69 Å². The SMILES string of the molecule is C=C1N(C)C(=O)C(/C=C/C=C2/Cc3cc(C)c(C)cc3N2C)=C(O)N1C. The van der Waals surface area contributed by atoms with Gasteiger partial charge in [0.25, 0.3) is 5.91 Å². The monoisotopic (exact) mass is 351 g/mol. The lowest BCUT2D eigenvalue weighted by molar-refractivity contribution is -0.126. The van der Waals surface area contributed by atoms with Gasteiger partial charge in [0.1, 0.15) is 11.4 Å². The van der Waals surface area contributed by atoms with E-state index in [9.17, 15) is 9.90 Å². The summed E-state index contributed by atoms with van der Waals surface area (Å²) in [7, 11) is 5.37. The molecule has 0 spiro atoms.